The minimum Gasteiger partial charge on any atom is -0.397 e. The van der Waals surface area contributed by atoms with Gasteiger partial charge in [-0.1, -0.05) is 17.7 Å². The molecule has 2 N–H and O–H groups in total. The summed E-state index contributed by atoms with van der Waals surface area (Å²) in [7, 11) is 1.80. The maximum Gasteiger partial charge on any atom is 0.255 e. The monoisotopic (exact) mass is 268 g/mol. The third-order valence-corrected chi connectivity index (χ3v) is 3.67. The van der Waals surface area contributed by atoms with E-state index in [1.54, 1.807) is 30.1 Å². The van der Waals surface area contributed by atoms with Gasteiger partial charge in [0.25, 0.3) is 5.91 Å². The number of carbonyl (C=O) groups excluding carboxylic acids is 1. The van der Waals surface area contributed by atoms with Crippen molar-refractivity contribution in [2.24, 2.45) is 0 Å². The van der Waals surface area contributed by atoms with Gasteiger partial charge in [-0.2, -0.15) is 0 Å². The van der Waals surface area contributed by atoms with Crippen LogP contribution in [0.1, 0.15) is 23.2 Å². The Morgan fingerprint density at radius 1 is 1.44 bits per heavy atom. The van der Waals surface area contributed by atoms with E-state index >= 15 is 0 Å². The van der Waals surface area contributed by atoms with E-state index in [9.17, 15) is 4.79 Å². The van der Waals surface area contributed by atoms with Gasteiger partial charge in [0.15, 0.2) is 0 Å². The van der Waals surface area contributed by atoms with Crippen LogP contribution in [-0.2, 0) is 4.74 Å². The summed E-state index contributed by atoms with van der Waals surface area (Å²) in [5, 5.41) is 0.418. The Morgan fingerprint density at radius 3 is 2.78 bits per heavy atom. The van der Waals surface area contributed by atoms with Gasteiger partial charge in [0.2, 0.25) is 0 Å². The molecule has 0 spiro atoms. The quantitative estimate of drug-likeness (QED) is 0.837. The van der Waals surface area contributed by atoms with Crippen molar-refractivity contribution >= 4 is 23.2 Å². The molecule has 98 valence electrons. The average Bonchev–Trinajstić information content (AvgIpc) is 2.41. The van der Waals surface area contributed by atoms with Crippen molar-refractivity contribution in [3.05, 3.63) is 28.8 Å². The summed E-state index contributed by atoms with van der Waals surface area (Å²) in [6, 6.07) is 5.34. The van der Waals surface area contributed by atoms with Crippen molar-refractivity contribution < 1.29 is 9.53 Å². The Balaban J connectivity index is 2.17. The third-order valence-electron chi connectivity index (χ3n) is 3.34. The maximum atomic E-state index is 12.4. The van der Waals surface area contributed by atoms with Crippen LogP contribution in [0, 0.1) is 0 Å². The zero-order chi connectivity index (χ0) is 13.1. The van der Waals surface area contributed by atoms with Crippen molar-refractivity contribution in [3.8, 4) is 0 Å². The van der Waals surface area contributed by atoms with Gasteiger partial charge < -0.3 is 15.4 Å². The van der Waals surface area contributed by atoms with Gasteiger partial charge in [0, 0.05) is 26.3 Å². The summed E-state index contributed by atoms with van der Waals surface area (Å²) in [4.78, 5) is 14.1. The zero-order valence-corrected chi connectivity index (χ0v) is 11.1. The van der Waals surface area contributed by atoms with E-state index in [1.807, 2.05) is 0 Å². The number of hydrogen-bond acceptors (Lipinski definition) is 3. The number of rotatable bonds is 2. The first-order valence-electron chi connectivity index (χ1n) is 6.00. The molecule has 2 rings (SSSR count). The number of amides is 1. The minimum absolute atomic E-state index is 0.0816. The van der Waals surface area contributed by atoms with Crippen LogP contribution in [0.5, 0.6) is 0 Å². The van der Waals surface area contributed by atoms with Crippen LogP contribution < -0.4 is 5.73 Å². The largest absolute Gasteiger partial charge is 0.397 e. The van der Waals surface area contributed by atoms with Crippen LogP contribution in [0.25, 0.3) is 0 Å². The molecule has 0 aromatic heterocycles. The standard InChI is InChI=1S/C13H17ClN2O2/c1-16(9-5-7-18-8-6-9)13(17)10-3-2-4-11(14)12(10)15/h2-4,9H,5-8,15H2,1H3. The number of carbonyl (C=O) groups is 1. The second-order valence-electron chi connectivity index (χ2n) is 4.46. The maximum absolute atomic E-state index is 12.4. The summed E-state index contributed by atoms with van der Waals surface area (Å²) in [6.45, 7) is 1.40. The first kappa shape index (κ1) is 13.2. The molecule has 1 aliphatic rings. The van der Waals surface area contributed by atoms with E-state index < -0.39 is 0 Å². The van der Waals surface area contributed by atoms with Gasteiger partial charge in [0.1, 0.15) is 0 Å². The Labute approximate surface area is 112 Å². The number of nitrogen functional groups attached to an aromatic ring is 1. The summed E-state index contributed by atoms with van der Waals surface area (Å²) >= 11 is 5.93. The Kier molecular flexibility index (Phi) is 4.09. The highest BCUT2D eigenvalue weighted by Gasteiger charge is 2.24. The summed E-state index contributed by atoms with van der Waals surface area (Å²) in [5.74, 6) is -0.0816. The lowest BCUT2D eigenvalue weighted by Crippen LogP contribution is -2.40. The molecule has 0 aliphatic carbocycles. The lowest BCUT2D eigenvalue weighted by Gasteiger charge is -2.31. The fraction of sp³-hybridized carbons (Fsp3) is 0.462. The van der Waals surface area contributed by atoms with Crippen LogP contribution in [0.2, 0.25) is 5.02 Å². The van der Waals surface area contributed by atoms with E-state index in [0.717, 1.165) is 12.8 Å². The summed E-state index contributed by atoms with van der Waals surface area (Å²) in [5.41, 5.74) is 6.67. The van der Waals surface area contributed by atoms with Gasteiger partial charge in [-0.15, -0.1) is 0 Å². The minimum atomic E-state index is -0.0816. The van der Waals surface area contributed by atoms with Crippen LogP contribution in [0.3, 0.4) is 0 Å². The Hall–Kier alpha value is -1.26. The van der Waals surface area contributed by atoms with E-state index in [2.05, 4.69) is 0 Å². The van der Waals surface area contributed by atoms with Crippen LogP contribution in [-0.4, -0.2) is 37.1 Å². The molecule has 1 heterocycles. The molecule has 0 atom stereocenters. The van der Waals surface area contributed by atoms with Crippen LogP contribution >= 0.6 is 11.6 Å². The number of hydrogen-bond donors (Lipinski definition) is 1. The molecule has 0 radical (unpaired) electrons. The highest BCUT2D eigenvalue weighted by Crippen LogP contribution is 2.25. The van der Waals surface area contributed by atoms with E-state index in [-0.39, 0.29) is 11.9 Å². The van der Waals surface area contributed by atoms with Crippen LogP contribution in [0.4, 0.5) is 5.69 Å². The molecular formula is C13H17ClN2O2. The molecule has 18 heavy (non-hydrogen) atoms. The first-order valence-corrected chi connectivity index (χ1v) is 6.38. The van der Waals surface area contributed by atoms with Crippen molar-refractivity contribution in [1.82, 2.24) is 4.90 Å². The molecule has 1 saturated heterocycles. The topological polar surface area (TPSA) is 55.6 Å². The second-order valence-corrected chi connectivity index (χ2v) is 4.87. The van der Waals surface area contributed by atoms with Gasteiger partial charge in [-0.25, -0.2) is 0 Å². The highest BCUT2D eigenvalue weighted by atomic mass is 35.5. The van der Waals surface area contributed by atoms with E-state index in [1.165, 1.54) is 0 Å². The molecule has 5 heteroatoms. The fourth-order valence-corrected chi connectivity index (χ4v) is 2.33. The van der Waals surface area contributed by atoms with Crippen LogP contribution in [0.15, 0.2) is 18.2 Å². The predicted molar refractivity (Wildman–Crippen MR) is 71.8 cm³/mol. The predicted octanol–water partition coefficient (Wildman–Crippen LogP) is 2.17. The smallest absolute Gasteiger partial charge is 0.255 e. The number of benzene rings is 1. The third kappa shape index (κ3) is 2.60. The van der Waals surface area contributed by atoms with Gasteiger partial charge in [-0.3, -0.25) is 4.79 Å². The molecule has 1 fully saturated rings. The molecular weight excluding hydrogens is 252 g/mol. The number of halogens is 1. The number of nitrogens with two attached hydrogens (primary N) is 1. The zero-order valence-electron chi connectivity index (χ0n) is 10.4. The van der Waals surface area contributed by atoms with Crippen molar-refractivity contribution in [1.29, 1.82) is 0 Å². The summed E-state index contributed by atoms with van der Waals surface area (Å²) < 4.78 is 5.29. The number of anilines is 1. The molecule has 1 amide bonds. The van der Waals surface area contributed by atoms with Crippen molar-refractivity contribution in [3.63, 3.8) is 0 Å². The molecule has 0 saturated carbocycles. The molecule has 1 aliphatic heterocycles. The first-order chi connectivity index (χ1) is 8.61. The number of para-hydroxylation sites is 1. The Bertz CT molecular complexity index is 445. The number of nitrogens with zero attached hydrogens (tertiary/aromatic N) is 1. The molecule has 1 aromatic carbocycles. The van der Waals surface area contributed by atoms with E-state index in [4.69, 9.17) is 22.1 Å². The fourth-order valence-electron chi connectivity index (χ4n) is 2.15. The summed E-state index contributed by atoms with van der Waals surface area (Å²) in [6.07, 6.45) is 1.73. The average molecular weight is 269 g/mol. The van der Waals surface area contributed by atoms with Gasteiger partial charge in [-0.05, 0) is 25.0 Å². The lowest BCUT2D eigenvalue weighted by atomic mass is 10.1. The van der Waals surface area contributed by atoms with Gasteiger partial charge >= 0.3 is 0 Å². The molecule has 0 bridgehead atoms. The van der Waals surface area contributed by atoms with Crippen molar-refractivity contribution in [2.45, 2.75) is 18.9 Å². The molecule has 1 aromatic rings. The highest BCUT2D eigenvalue weighted by molar-refractivity contribution is 6.33. The van der Waals surface area contributed by atoms with E-state index in [0.29, 0.717) is 29.5 Å². The normalized spacial score (nSPS) is 16.6. The van der Waals surface area contributed by atoms with Crippen molar-refractivity contribution in [2.75, 3.05) is 26.0 Å². The second kappa shape index (κ2) is 5.59. The number of ether oxygens (including phenoxy) is 1. The van der Waals surface area contributed by atoms with Gasteiger partial charge in [0.05, 0.1) is 16.3 Å². The molecule has 0 unspecified atom stereocenters. The molecule has 4 nitrogen and oxygen atoms in total. The lowest BCUT2D eigenvalue weighted by molar-refractivity contribution is 0.0362. The Morgan fingerprint density at radius 2 is 2.11 bits per heavy atom. The SMILES string of the molecule is CN(C(=O)c1cccc(Cl)c1N)C1CCOCC1.